The van der Waals surface area contributed by atoms with Crippen molar-refractivity contribution in [2.45, 2.75) is 12.8 Å². The summed E-state index contributed by atoms with van der Waals surface area (Å²) in [6.45, 7) is 1.55. The fourth-order valence-corrected chi connectivity index (χ4v) is 2.81. The van der Waals surface area contributed by atoms with E-state index in [9.17, 15) is 18.4 Å². The standard InChI is InChI=1S/C20H18F2N2O2/c21-17-4-3-5-18(22)16(17)10-11-19(25)23-15-8-6-14(7-9-15)20(26)24-12-1-2-13-24/h3-11H,1-2,12-13H2,(H,23,25)/b11-10+. The van der Waals surface area contributed by atoms with Crippen LogP contribution in [-0.2, 0) is 4.79 Å². The van der Waals surface area contributed by atoms with Gasteiger partial charge in [0.25, 0.3) is 5.91 Å². The average molecular weight is 356 g/mol. The molecule has 2 aromatic rings. The van der Waals surface area contributed by atoms with Crippen LogP contribution >= 0.6 is 0 Å². The number of nitrogens with zero attached hydrogens (tertiary/aromatic N) is 1. The van der Waals surface area contributed by atoms with Crippen LogP contribution in [0.15, 0.2) is 48.5 Å². The van der Waals surface area contributed by atoms with Gasteiger partial charge in [-0.1, -0.05) is 6.07 Å². The molecule has 6 heteroatoms. The number of amides is 2. The molecule has 1 saturated heterocycles. The van der Waals surface area contributed by atoms with E-state index in [1.165, 1.54) is 6.07 Å². The highest BCUT2D eigenvalue weighted by Crippen LogP contribution is 2.16. The zero-order valence-corrected chi connectivity index (χ0v) is 14.0. The summed E-state index contributed by atoms with van der Waals surface area (Å²) in [7, 11) is 0. The van der Waals surface area contributed by atoms with Crippen LogP contribution in [0.25, 0.3) is 6.08 Å². The molecule has 1 aliphatic rings. The Kier molecular flexibility index (Phi) is 5.41. The number of benzene rings is 2. The van der Waals surface area contributed by atoms with Gasteiger partial charge < -0.3 is 10.2 Å². The molecule has 1 heterocycles. The number of carbonyl (C=O) groups excluding carboxylic acids is 2. The van der Waals surface area contributed by atoms with Gasteiger partial charge in [-0.2, -0.15) is 0 Å². The minimum atomic E-state index is -0.737. The molecule has 0 aromatic heterocycles. The number of halogens is 2. The molecule has 26 heavy (non-hydrogen) atoms. The van der Waals surface area contributed by atoms with Gasteiger partial charge in [0.1, 0.15) is 11.6 Å². The summed E-state index contributed by atoms with van der Waals surface area (Å²) in [5.41, 5.74) is 0.787. The van der Waals surface area contributed by atoms with Crippen LogP contribution in [0, 0.1) is 11.6 Å². The highest BCUT2D eigenvalue weighted by molar-refractivity contribution is 6.02. The summed E-state index contributed by atoms with van der Waals surface area (Å²) >= 11 is 0. The summed E-state index contributed by atoms with van der Waals surface area (Å²) in [5.74, 6) is -2.01. The van der Waals surface area contributed by atoms with Crippen molar-refractivity contribution in [2.75, 3.05) is 18.4 Å². The van der Waals surface area contributed by atoms with Crippen molar-refractivity contribution < 1.29 is 18.4 Å². The largest absolute Gasteiger partial charge is 0.339 e. The quantitative estimate of drug-likeness (QED) is 0.846. The van der Waals surface area contributed by atoms with Gasteiger partial charge in [-0.25, -0.2) is 8.78 Å². The maximum atomic E-state index is 13.5. The Morgan fingerprint density at radius 2 is 1.58 bits per heavy atom. The van der Waals surface area contributed by atoms with E-state index in [1.54, 1.807) is 29.2 Å². The van der Waals surface area contributed by atoms with E-state index in [1.807, 2.05) is 0 Å². The zero-order chi connectivity index (χ0) is 18.5. The second-order valence-corrected chi connectivity index (χ2v) is 6.03. The Balaban J connectivity index is 1.62. The third-order valence-corrected chi connectivity index (χ3v) is 4.19. The molecule has 1 fully saturated rings. The van der Waals surface area contributed by atoms with Gasteiger partial charge in [-0.05, 0) is 55.3 Å². The Bertz CT molecular complexity index is 821. The van der Waals surface area contributed by atoms with Crippen LogP contribution in [0.4, 0.5) is 14.5 Å². The van der Waals surface area contributed by atoms with E-state index in [4.69, 9.17) is 0 Å². The predicted molar refractivity (Wildman–Crippen MR) is 95.6 cm³/mol. The normalized spacial score (nSPS) is 14.0. The number of hydrogen-bond donors (Lipinski definition) is 1. The number of hydrogen-bond acceptors (Lipinski definition) is 2. The Hall–Kier alpha value is -3.02. The van der Waals surface area contributed by atoms with E-state index in [0.29, 0.717) is 11.3 Å². The SMILES string of the molecule is O=C(/C=C/c1c(F)cccc1F)Nc1ccc(C(=O)N2CCCC2)cc1. The summed E-state index contributed by atoms with van der Waals surface area (Å²) in [4.78, 5) is 26.0. The van der Waals surface area contributed by atoms with E-state index >= 15 is 0 Å². The van der Waals surface area contributed by atoms with Crippen molar-refractivity contribution >= 4 is 23.6 Å². The molecule has 4 nitrogen and oxygen atoms in total. The van der Waals surface area contributed by atoms with E-state index in [-0.39, 0.29) is 11.5 Å². The minimum Gasteiger partial charge on any atom is -0.339 e. The van der Waals surface area contributed by atoms with Crippen molar-refractivity contribution in [3.05, 3.63) is 71.3 Å². The number of nitrogens with one attached hydrogen (secondary N) is 1. The van der Waals surface area contributed by atoms with Crippen molar-refractivity contribution in [1.82, 2.24) is 4.90 Å². The van der Waals surface area contributed by atoms with Crippen molar-refractivity contribution in [2.24, 2.45) is 0 Å². The van der Waals surface area contributed by atoms with Crippen LogP contribution in [0.2, 0.25) is 0 Å². The Morgan fingerprint density at radius 1 is 0.962 bits per heavy atom. The predicted octanol–water partition coefficient (Wildman–Crippen LogP) is 3.85. The van der Waals surface area contributed by atoms with Gasteiger partial charge in [0.15, 0.2) is 0 Å². The van der Waals surface area contributed by atoms with Crippen LogP contribution in [0.1, 0.15) is 28.8 Å². The molecule has 0 radical (unpaired) electrons. The van der Waals surface area contributed by atoms with Crippen molar-refractivity contribution in [1.29, 1.82) is 0 Å². The van der Waals surface area contributed by atoms with Crippen LogP contribution in [0.3, 0.4) is 0 Å². The molecule has 0 atom stereocenters. The van der Waals surface area contributed by atoms with E-state index in [0.717, 1.165) is 50.2 Å². The average Bonchev–Trinajstić information content (AvgIpc) is 3.16. The van der Waals surface area contributed by atoms with Gasteiger partial charge in [0, 0.05) is 36.0 Å². The summed E-state index contributed by atoms with van der Waals surface area (Å²) in [5, 5.41) is 2.59. The molecule has 0 spiro atoms. The molecule has 3 rings (SSSR count). The van der Waals surface area contributed by atoms with Crippen LogP contribution in [-0.4, -0.2) is 29.8 Å². The molecular formula is C20H18F2N2O2. The Labute approximate surface area is 150 Å². The second-order valence-electron chi connectivity index (χ2n) is 6.03. The number of carbonyl (C=O) groups is 2. The smallest absolute Gasteiger partial charge is 0.253 e. The lowest BCUT2D eigenvalue weighted by Gasteiger charge is -2.15. The van der Waals surface area contributed by atoms with Crippen LogP contribution < -0.4 is 5.32 Å². The lowest BCUT2D eigenvalue weighted by Crippen LogP contribution is -2.27. The molecule has 2 amide bonds. The van der Waals surface area contributed by atoms with Gasteiger partial charge in [0.05, 0.1) is 0 Å². The fourth-order valence-electron chi connectivity index (χ4n) is 2.81. The highest BCUT2D eigenvalue weighted by Gasteiger charge is 2.19. The highest BCUT2D eigenvalue weighted by atomic mass is 19.1. The summed E-state index contributed by atoms with van der Waals surface area (Å²) < 4.78 is 27.0. The maximum Gasteiger partial charge on any atom is 0.253 e. The monoisotopic (exact) mass is 356 g/mol. The third kappa shape index (κ3) is 4.14. The maximum absolute atomic E-state index is 13.5. The third-order valence-electron chi connectivity index (χ3n) is 4.19. The second kappa shape index (κ2) is 7.91. The van der Waals surface area contributed by atoms with Gasteiger partial charge in [-0.15, -0.1) is 0 Å². The first kappa shape index (κ1) is 17.8. The number of rotatable bonds is 4. The summed E-state index contributed by atoms with van der Waals surface area (Å²) in [6.07, 6.45) is 4.19. The van der Waals surface area contributed by atoms with Crippen molar-refractivity contribution in [3.8, 4) is 0 Å². The van der Waals surface area contributed by atoms with E-state index in [2.05, 4.69) is 5.32 Å². The van der Waals surface area contributed by atoms with Crippen molar-refractivity contribution in [3.63, 3.8) is 0 Å². The Morgan fingerprint density at radius 3 is 2.19 bits per heavy atom. The lowest BCUT2D eigenvalue weighted by molar-refractivity contribution is -0.111. The number of likely N-dealkylation sites (tertiary alicyclic amines) is 1. The van der Waals surface area contributed by atoms with Gasteiger partial charge in [0.2, 0.25) is 5.91 Å². The summed E-state index contributed by atoms with van der Waals surface area (Å²) in [6, 6.07) is 10.0. The molecular weight excluding hydrogens is 338 g/mol. The number of anilines is 1. The lowest BCUT2D eigenvalue weighted by atomic mass is 10.1. The first-order valence-corrected chi connectivity index (χ1v) is 8.37. The molecule has 134 valence electrons. The molecule has 0 saturated carbocycles. The molecule has 0 unspecified atom stereocenters. The fraction of sp³-hybridized carbons (Fsp3) is 0.200. The molecule has 2 aromatic carbocycles. The van der Waals surface area contributed by atoms with E-state index < -0.39 is 17.5 Å². The molecule has 0 bridgehead atoms. The molecule has 1 aliphatic heterocycles. The van der Waals surface area contributed by atoms with Crippen LogP contribution in [0.5, 0.6) is 0 Å². The first-order chi connectivity index (χ1) is 12.5. The minimum absolute atomic E-state index is 0.0182. The zero-order valence-electron chi connectivity index (χ0n) is 14.0. The molecule has 0 aliphatic carbocycles. The topological polar surface area (TPSA) is 49.4 Å². The first-order valence-electron chi connectivity index (χ1n) is 8.37. The van der Waals surface area contributed by atoms with Gasteiger partial charge >= 0.3 is 0 Å². The molecule has 1 N–H and O–H groups in total. The van der Waals surface area contributed by atoms with Gasteiger partial charge in [-0.3, -0.25) is 9.59 Å².